The second-order valence-corrected chi connectivity index (χ2v) is 8.66. The van der Waals surface area contributed by atoms with E-state index in [9.17, 15) is 14.0 Å². The number of hydrogen-bond acceptors (Lipinski definition) is 5. The third-order valence-electron chi connectivity index (χ3n) is 4.77. The van der Waals surface area contributed by atoms with Crippen molar-refractivity contribution in [1.29, 1.82) is 0 Å². The number of carbonyl (C=O) groups is 2. The standard InChI is InChI=1S/C18H19ClFN3O3S/c19-16-5-4-15(27-16)17(24)21-9-12-10-23(18(25)26-12)11-2-3-14(13(20)8-11)22-6-1-7-22/h2-4,8,12,16H,1,5-7,9-10H2,(H,21,24). The van der Waals surface area contributed by atoms with Crippen molar-refractivity contribution in [2.45, 2.75) is 23.7 Å². The highest BCUT2D eigenvalue weighted by atomic mass is 35.5. The van der Waals surface area contributed by atoms with E-state index in [4.69, 9.17) is 16.3 Å². The predicted octanol–water partition coefficient (Wildman–Crippen LogP) is 3.06. The average Bonchev–Trinajstić information content (AvgIpc) is 3.19. The largest absolute Gasteiger partial charge is 0.442 e. The Bertz CT molecular complexity index is 802. The van der Waals surface area contributed by atoms with Gasteiger partial charge in [-0.05, 0) is 31.0 Å². The molecule has 144 valence electrons. The van der Waals surface area contributed by atoms with E-state index in [1.807, 2.05) is 4.90 Å². The number of amides is 2. The Morgan fingerprint density at radius 1 is 1.41 bits per heavy atom. The topological polar surface area (TPSA) is 61.9 Å². The van der Waals surface area contributed by atoms with Gasteiger partial charge in [0.2, 0.25) is 0 Å². The molecule has 1 aromatic carbocycles. The zero-order chi connectivity index (χ0) is 19.0. The molecule has 2 amide bonds. The van der Waals surface area contributed by atoms with Crippen molar-refractivity contribution in [2.24, 2.45) is 0 Å². The molecule has 2 atom stereocenters. The number of anilines is 2. The molecule has 0 aromatic heterocycles. The third kappa shape index (κ3) is 3.87. The number of rotatable bonds is 5. The van der Waals surface area contributed by atoms with Crippen molar-refractivity contribution >= 4 is 46.7 Å². The number of hydrogen-bond donors (Lipinski definition) is 1. The molecule has 0 spiro atoms. The lowest BCUT2D eigenvalue weighted by atomic mass is 10.1. The number of ether oxygens (including phenoxy) is 1. The van der Waals surface area contributed by atoms with Gasteiger partial charge in [0.1, 0.15) is 11.9 Å². The van der Waals surface area contributed by atoms with Crippen LogP contribution in [0.4, 0.5) is 20.6 Å². The number of alkyl halides is 1. The van der Waals surface area contributed by atoms with Crippen LogP contribution in [0.25, 0.3) is 0 Å². The molecule has 3 aliphatic rings. The predicted molar refractivity (Wildman–Crippen MR) is 104 cm³/mol. The number of thioether (sulfide) groups is 1. The zero-order valence-corrected chi connectivity index (χ0v) is 16.1. The Labute approximate surface area is 165 Å². The van der Waals surface area contributed by atoms with Crippen LogP contribution < -0.4 is 15.1 Å². The molecule has 3 heterocycles. The minimum Gasteiger partial charge on any atom is -0.442 e. The lowest BCUT2D eigenvalue weighted by molar-refractivity contribution is -0.117. The van der Waals surface area contributed by atoms with E-state index in [0.717, 1.165) is 19.5 Å². The van der Waals surface area contributed by atoms with Crippen molar-refractivity contribution in [3.63, 3.8) is 0 Å². The van der Waals surface area contributed by atoms with Gasteiger partial charge in [-0.15, -0.1) is 23.4 Å². The Balaban J connectivity index is 1.35. The minimum atomic E-state index is -0.541. The second kappa shape index (κ2) is 7.59. The molecule has 2 saturated heterocycles. The fraction of sp³-hybridized carbons (Fsp3) is 0.444. The molecule has 0 radical (unpaired) electrons. The van der Waals surface area contributed by atoms with Gasteiger partial charge in [0.15, 0.2) is 0 Å². The first-order valence-corrected chi connectivity index (χ1v) is 10.1. The van der Waals surface area contributed by atoms with E-state index in [0.29, 0.717) is 22.7 Å². The minimum absolute atomic E-state index is 0.111. The molecule has 9 heteroatoms. The Hall–Kier alpha value is -1.93. The van der Waals surface area contributed by atoms with Gasteiger partial charge in [-0.25, -0.2) is 9.18 Å². The van der Waals surface area contributed by atoms with Gasteiger partial charge in [-0.1, -0.05) is 6.08 Å². The number of nitrogens with zero attached hydrogens (tertiary/aromatic N) is 2. The summed E-state index contributed by atoms with van der Waals surface area (Å²) >= 11 is 7.28. The van der Waals surface area contributed by atoms with Crippen LogP contribution in [0.2, 0.25) is 0 Å². The first-order valence-electron chi connectivity index (χ1n) is 8.83. The maximum Gasteiger partial charge on any atom is 0.414 e. The number of cyclic esters (lactones) is 1. The smallest absolute Gasteiger partial charge is 0.414 e. The highest BCUT2D eigenvalue weighted by molar-refractivity contribution is 8.05. The zero-order valence-electron chi connectivity index (χ0n) is 14.5. The summed E-state index contributed by atoms with van der Waals surface area (Å²) in [6.45, 7) is 2.15. The van der Waals surface area contributed by atoms with Crippen LogP contribution in [0.3, 0.4) is 0 Å². The van der Waals surface area contributed by atoms with Crippen molar-refractivity contribution in [3.05, 3.63) is 35.0 Å². The molecule has 3 aliphatic heterocycles. The monoisotopic (exact) mass is 411 g/mol. The van der Waals surface area contributed by atoms with Crippen LogP contribution in [0.1, 0.15) is 12.8 Å². The SMILES string of the molecule is O=C(NCC1CN(c2ccc(N3CCC3)c(F)c2)C(=O)O1)C1=CCC(Cl)S1. The number of carbonyl (C=O) groups excluding carboxylic acids is 2. The highest BCUT2D eigenvalue weighted by Crippen LogP contribution is 2.34. The van der Waals surface area contributed by atoms with E-state index >= 15 is 0 Å². The van der Waals surface area contributed by atoms with E-state index in [2.05, 4.69) is 5.32 Å². The normalized spacial score (nSPS) is 24.5. The third-order valence-corrected chi connectivity index (χ3v) is 6.27. The van der Waals surface area contributed by atoms with Crippen molar-refractivity contribution in [3.8, 4) is 0 Å². The molecule has 2 fully saturated rings. The molecular formula is C18H19ClFN3O3S. The number of benzene rings is 1. The molecular weight excluding hydrogens is 393 g/mol. The summed E-state index contributed by atoms with van der Waals surface area (Å²) in [4.78, 5) is 28.2. The van der Waals surface area contributed by atoms with E-state index < -0.39 is 12.2 Å². The number of halogens is 2. The van der Waals surface area contributed by atoms with Crippen molar-refractivity contribution in [1.82, 2.24) is 5.32 Å². The van der Waals surface area contributed by atoms with Crippen LogP contribution in [-0.4, -0.2) is 49.0 Å². The van der Waals surface area contributed by atoms with Gasteiger partial charge >= 0.3 is 6.09 Å². The molecule has 27 heavy (non-hydrogen) atoms. The summed E-state index contributed by atoms with van der Waals surface area (Å²) in [5.41, 5.74) is 1.01. The van der Waals surface area contributed by atoms with Crippen LogP contribution >= 0.6 is 23.4 Å². The summed E-state index contributed by atoms with van der Waals surface area (Å²) in [5, 5.41) is 2.76. The van der Waals surface area contributed by atoms with Gasteiger partial charge in [0.25, 0.3) is 5.91 Å². The maximum absolute atomic E-state index is 14.4. The fourth-order valence-electron chi connectivity index (χ4n) is 3.19. The molecule has 1 N–H and O–H groups in total. The Morgan fingerprint density at radius 3 is 2.85 bits per heavy atom. The van der Waals surface area contributed by atoms with Crippen molar-refractivity contribution < 1.29 is 18.7 Å². The summed E-state index contributed by atoms with van der Waals surface area (Å²) in [6, 6.07) is 4.77. The van der Waals surface area contributed by atoms with Crippen LogP contribution in [-0.2, 0) is 9.53 Å². The molecule has 6 nitrogen and oxygen atoms in total. The molecule has 0 saturated carbocycles. The molecule has 4 rings (SSSR count). The van der Waals surface area contributed by atoms with Gasteiger partial charge in [-0.3, -0.25) is 9.69 Å². The number of allylic oxidation sites excluding steroid dienone is 1. The first kappa shape index (κ1) is 18.4. The lowest BCUT2D eigenvalue weighted by Gasteiger charge is -2.33. The van der Waals surface area contributed by atoms with E-state index in [-0.39, 0.29) is 29.5 Å². The van der Waals surface area contributed by atoms with Gasteiger partial charge in [0.05, 0.1) is 34.1 Å². The number of nitrogens with one attached hydrogen (secondary N) is 1. The lowest BCUT2D eigenvalue weighted by Crippen LogP contribution is -2.37. The highest BCUT2D eigenvalue weighted by Gasteiger charge is 2.33. The first-order chi connectivity index (χ1) is 13.0. The average molecular weight is 412 g/mol. The van der Waals surface area contributed by atoms with Crippen LogP contribution in [0.15, 0.2) is 29.2 Å². The summed E-state index contributed by atoms with van der Waals surface area (Å²) < 4.78 is 19.5. The van der Waals surface area contributed by atoms with E-state index in [1.54, 1.807) is 18.2 Å². The summed E-state index contributed by atoms with van der Waals surface area (Å²) in [5.74, 6) is -0.569. The van der Waals surface area contributed by atoms with Crippen LogP contribution in [0, 0.1) is 5.82 Å². The quantitative estimate of drug-likeness (QED) is 0.754. The van der Waals surface area contributed by atoms with E-state index in [1.165, 1.54) is 22.7 Å². The summed E-state index contributed by atoms with van der Waals surface area (Å²) in [6.07, 6.45) is 2.49. The van der Waals surface area contributed by atoms with Gasteiger partial charge < -0.3 is 15.0 Å². The molecule has 0 aliphatic carbocycles. The molecule has 2 unspecified atom stereocenters. The van der Waals surface area contributed by atoms with Gasteiger partial charge in [-0.2, -0.15) is 0 Å². The van der Waals surface area contributed by atoms with Gasteiger partial charge in [0, 0.05) is 13.1 Å². The van der Waals surface area contributed by atoms with Crippen LogP contribution in [0.5, 0.6) is 0 Å². The molecule has 0 bridgehead atoms. The Kier molecular flexibility index (Phi) is 5.19. The Morgan fingerprint density at radius 2 is 2.22 bits per heavy atom. The summed E-state index contributed by atoms with van der Waals surface area (Å²) in [7, 11) is 0. The second-order valence-electron chi connectivity index (χ2n) is 6.63. The fourth-order valence-corrected chi connectivity index (χ4v) is 4.41. The molecule has 1 aromatic rings. The maximum atomic E-state index is 14.4. The van der Waals surface area contributed by atoms with Crippen molar-refractivity contribution in [2.75, 3.05) is 36.0 Å².